The summed E-state index contributed by atoms with van der Waals surface area (Å²) in [6, 6.07) is 9.66. The molecule has 1 aromatic rings. The maximum atomic E-state index is 10.2. The Morgan fingerprint density at radius 1 is 1.20 bits per heavy atom. The minimum absolute atomic E-state index is 0.0126. The number of allylic oxidation sites excluding steroid dienone is 2. The number of aliphatic hydroxyl groups excluding tert-OH is 1. The van der Waals surface area contributed by atoms with Gasteiger partial charge in [0.15, 0.2) is 0 Å². The van der Waals surface area contributed by atoms with Crippen molar-refractivity contribution in [2.45, 2.75) is 45.8 Å². The first-order valence-electron chi connectivity index (χ1n) is 9.44. The Labute approximate surface area is 152 Å². The van der Waals surface area contributed by atoms with Gasteiger partial charge in [0.25, 0.3) is 0 Å². The Morgan fingerprint density at radius 2 is 1.96 bits per heavy atom. The van der Waals surface area contributed by atoms with Crippen molar-refractivity contribution in [3.63, 3.8) is 0 Å². The fraction of sp³-hybridized carbons (Fsp3) is 0.545. The highest BCUT2D eigenvalue weighted by Gasteiger charge is 2.20. The minimum atomic E-state index is -0.583. The van der Waals surface area contributed by atoms with Crippen molar-refractivity contribution in [2.24, 2.45) is 11.8 Å². The van der Waals surface area contributed by atoms with Gasteiger partial charge in [-0.3, -0.25) is 0 Å². The lowest BCUT2D eigenvalue weighted by atomic mass is 9.83. The van der Waals surface area contributed by atoms with Crippen molar-refractivity contribution >= 4 is 0 Å². The number of ether oxygens (including phenoxy) is 2. The van der Waals surface area contributed by atoms with E-state index >= 15 is 0 Å². The molecule has 25 heavy (non-hydrogen) atoms. The van der Waals surface area contributed by atoms with E-state index in [2.05, 4.69) is 32.1 Å². The molecule has 0 saturated heterocycles. The van der Waals surface area contributed by atoms with Crippen LogP contribution in [-0.4, -0.2) is 31.0 Å². The third-order valence-electron chi connectivity index (χ3n) is 4.85. The molecule has 1 N–H and O–H groups in total. The first-order chi connectivity index (χ1) is 12.1. The highest BCUT2D eigenvalue weighted by atomic mass is 16.5. The molecule has 0 amide bonds. The van der Waals surface area contributed by atoms with Crippen molar-refractivity contribution in [3.05, 3.63) is 59.7 Å². The van der Waals surface area contributed by atoms with Gasteiger partial charge in [-0.25, -0.2) is 0 Å². The Kier molecular flexibility index (Phi) is 8.39. The third kappa shape index (κ3) is 6.43. The summed E-state index contributed by atoms with van der Waals surface area (Å²) in [6.07, 6.45) is 8.46. The lowest BCUT2D eigenvalue weighted by molar-refractivity contribution is 0.0122. The molecule has 0 aliphatic heterocycles. The van der Waals surface area contributed by atoms with Crippen molar-refractivity contribution in [3.8, 4) is 0 Å². The number of benzene rings is 1. The summed E-state index contributed by atoms with van der Waals surface area (Å²) in [7, 11) is 0. The average Bonchev–Trinajstić information content (AvgIpc) is 2.64. The molecule has 3 heteroatoms. The zero-order chi connectivity index (χ0) is 18.1. The van der Waals surface area contributed by atoms with Gasteiger partial charge in [0.05, 0.1) is 12.7 Å². The predicted molar refractivity (Wildman–Crippen MR) is 102 cm³/mol. The van der Waals surface area contributed by atoms with E-state index in [-0.39, 0.29) is 6.10 Å². The molecule has 0 bridgehead atoms. The fourth-order valence-electron chi connectivity index (χ4n) is 3.19. The van der Waals surface area contributed by atoms with E-state index in [0.717, 1.165) is 31.6 Å². The number of aliphatic hydroxyl groups is 1. The van der Waals surface area contributed by atoms with Crippen LogP contribution in [0.4, 0.5) is 0 Å². The van der Waals surface area contributed by atoms with E-state index in [4.69, 9.17) is 9.47 Å². The molecular formula is C22H32O3. The van der Waals surface area contributed by atoms with Crippen molar-refractivity contribution < 1.29 is 14.6 Å². The summed E-state index contributed by atoms with van der Waals surface area (Å²) in [6.45, 7) is 8.30. The van der Waals surface area contributed by atoms with Crippen LogP contribution in [0.25, 0.3) is 0 Å². The first-order valence-corrected chi connectivity index (χ1v) is 9.44. The lowest BCUT2D eigenvalue weighted by Crippen LogP contribution is -2.20. The second-order valence-corrected chi connectivity index (χ2v) is 6.79. The second-order valence-electron chi connectivity index (χ2n) is 6.79. The molecule has 0 saturated carbocycles. The molecule has 0 fully saturated rings. The monoisotopic (exact) mass is 344 g/mol. The van der Waals surface area contributed by atoms with Crippen LogP contribution >= 0.6 is 0 Å². The van der Waals surface area contributed by atoms with Crippen LogP contribution in [0.5, 0.6) is 0 Å². The molecule has 0 heterocycles. The maximum absolute atomic E-state index is 10.2. The van der Waals surface area contributed by atoms with Crippen LogP contribution in [0.15, 0.2) is 54.1 Å². The summed E-state index contributed by atoms with van der Waals surface area (Å²) in [5, 5.41) is 10.2. The number of rotatable bonds is 10. The lowest BCUT2D eigenvalue weighted by Gasteiger charge is -2.26. The minimum Gasteiger partial charge on any atom is -0.386 e. The van der Waals surface area contributed by atoms with Gasteiger partial charge in [-0.05, 0) is 49.7 Å². The summed E-state index contributed by atoms with van der Waals surface area (Å²) >= 11 is 0. The van der Waals surface area contributed by atoms with E-state index in [9.17, 15) is 5.11 Å². The first kappa shape index (κ1) is 19.9. The van der Waals surface area contributed by atoms with Crippen LogP contribution < -0.4 is 0 Å². The molecule has 0 radical (unpaired) electrons. The highest BCUT2D eigenvalue weighted by Crippen LogP contribution is 2.28. The van der Waals surface area contributed by atoms with E-state index in [1.54, 1.807) is 0 Å². The molecule has 1 aliphatic rings. The van der Waals surface area contributed by atoms with Crippen LogP contribution in [0.3, 0.4) is 0 Å². The van der Waals surface area contributed by atoms with Crippen molar-refractivity contribution in [1.29, 1.82) is 0 Å². The SMILES string of the molecule is CCOCCCC1C=CC(C(C)OCC(O)c2ccccc2)=CC1C. The Morgan fingerprint density at radius 3 is 2.64 bits per heavy atom. The van der Waals surface area contributed by atoms with Gasteiger partial charge in [-0.2, -0.15) is 0 Å². The topological polar surface area (TPSA) is 38.7 Å². The fourth-order valence-corrected chi connectivity index (χ4v) is 3.19. The van der Waals surface area contributed by atoms with Gasteiger partial charge < -0.3 is 14.6 Å². The molecule has 3 nitrogen and oxygen atoms in total. The molecule has 4 unspecified atom stereocenters. The largest absolute Gasteiger partial charge is 0.386 e. The van der Waals surface area contributed by atoms with Crippen LogP contribution in [-0.2, 0) is 9.47 Å². The zero-order valence-electron chi connectivity index (χ0n) is 15.7. The van der Waals surface area contributed by atoms with E-state index in [0.29, 0.717) is 18.4 Å². The molecule has 0 spiro atoms. The van der Waals surface area contributed by atoms with Crippen LogP contribution in [0.1, 0.15) is 45.3 Å². The van der Waals surface area contributed by atoms with Gasteiger partial charge in [0.2, 0.25) is 0 Å². The molecule has 0 aromatic heterocycles. The second kappa shape index (κ2) is 10.5. The predicted octanol–water partition coefficient (Wildman–Crippen LogP) is 4.69. The van der Waals surface area contributed by atoms with Gasteiger partial charge in [-0.15, -0.1) is 0 Å². The Balaban J connectivity index is 1.78. The maximum Gasteiger partial charge on any atom is 0.102 e. The van der Waals surface area contributed by atoms with Crippen molar-refractivity contribution in [1.82, 2.24) is 0 Å². The number of hydrogen-bond donors (Lipinski definition) is 1. The standard InChI is InChI=1S/C22H32O3/c1-4-24-14-8-11-19-12-13-21(15-17(19)2)18(3)25-16-22(23)20-9-6-5-7-10-20/h5-7,9-10,12-13,15,17-19,22-23H,4,8,11,14,16H2,1-3H3. The molecule has 1 aromatic carbocycles. The Bertz CT molecular complexity index is 550. The zero-order valence-corrected chi connectivity index (χ0v) is 15.7. The molecule has 2 rings (SSSR count). The summed E-state index contributed by atoms with van der Waals surface area (Å²) in [5.41, 5.74) is 2.10. The summed E-state index contributed by atoms with van der Waals surface area (Å²) in [5.74, 6) is 1.08. The van der Waals surface area contributed by atoms with Crippen molar-refractivity contribution in [2.75, 3.05) is 19.8 Å². The Hall–Kier alpha value is -1.42. The average molecular weight is 344 g/mol. The summed E-state index contributed by atoms with van der Waals surface area (Å²) in [4.78, 5) is 0. The quantitative estimate of drug-likeness (QED) is 0.626. The van der Waals surface area contributed by atoms with E-state index < -0.39 is 6.10 Å². The molecular weight excluding hydrogens is 312 g/mol. The van der Waals surface area contributed by atoms with Gasteiger partial charge >= 0.3 is 0 Å². The van der Waals surface area contributed by atoms with Crippen LogP contribution in [0, 0.1) is 11.8 Å². The smallest absolute Gasteiger partial charge is 0.102 e. The third-order valence-corrected chi connectivity index (χ3v) is 4.85. The van der Waals surface area contributed by atoms with E-state index in [1.807, 2.05) is 37.3 Å². The van der Waals surface area contributed by atoms with Gasteiger partial charge in [0, 0.05) is 13.2 Å². The molecule has 4 atom stereocenters. The highest BCUT2D eigenvalue weighted by molar-refractivity contribution is 5.28. The normalized spacial score (nSPS) is 22.5. The van der Waals surface area contributed by atoms with Crippen LogP contribution in [0.2, 0.25) is 0 Å². The van der Waals surface area contributed by atoms with Gasteiger partial charge in [0.1, 0.15) is 6.10 Å². The van der Waals surface area contributed by atoms with Gasteiger partial charge in [-0.1, -0.05) is 55.5 Å². The van der Waals surface area contributed by atoms with E-state index in [1.165, 1.54) is 5.57 Å². The molecule has 138 valence electrons. The molecule has 1 aliphatic carbocycles. The summed E-state index contributed by atoms with van der Waals surface area (Å²) < 4.78 is 11.3. The number of hydrogen-bond acceptors (Lipinski definition) is 3.